The fraction of sp³-hybridized carbons (Fsp3) is 0.231. The van der Waals surface area contributed by atoms with E-state index in [4.69, 9.17) is 10.2 Å². The SMILES string of the molecule is Cc1cn(C)c2nc(Cc3ccco3)nc(N)c12. The van der Waals surface area contributed by atoms with E-state index in [0.717, 1.165) is 22.4 Å². The van der Waals surface area contributed by atoms with Crippen LogP contribution in [0.3, 0.4) is 0 Å². The van der Waals surface area contributed by atoms with Gasteiger partial charge in [-0.15, -0.1) is 0 Å². The molecule has 0 aliphatic heterocycles. The molecule has 0 fully saturated rings. The Balaban J connectivity index is 2.12. The lowest BCUT2D eigenvalue weighted by Crippen LogP contribution is -2.02. The normalized spacial score (nSPS) is 11.2. The standard InChI is InChI=1S/C13H14N4O/c1-8-7-17(2)13-11(8)12(14)15-10(16-13)6-9-4-3-5-18-9/h3-5,7H,6H2,1-2H3,(H2,14,15,16). The van der Waals surface area contributed by atoms with E-state index in [-0.39, 0.29) is 0 Å². The minimum atomic E-state index is 0.527. The van der Waals surface area contributed by atoms with Crippen LogP contribution >= 0.6 is 0 Å². The summed E-state index contributed by atoms with van der Waals surface area (Å²) in [5.74, 6) is 2.04. The summed E-state index contributed by atoms with van der Waals surface area (Å²) in [6.07, 6.45) is 4.20. The molecule has 0 radical (unpaired) electrons. The Labute approximate surface area is 104 Å². The lowest BCUT2D eigenvalue weighted by molar-refractivity contribution is 0.517. The molecule has 3 aromatic heterocycles. The number of nitrogens with zero attached hydrogens (tertiary/aromatic N) is 3. The van der Waals surface area contributed by atoms with E-state index < -0.39 is 0 Å². The fourth-order valence-electron chi connectivity index (χ4n) is 2.21. The molecule has 0 saturated carbocycles. The Morgan fingerprint density at radius 1 is 1.39 bits per heavy atom. The van der Waals surface area contributed by atoms with Crippen molar-refractivity contribution < 1.29 is 4.42 Å². The van der Waals surface area contributed by atoms with Crippen LogP contribution in [0.1, 0.15) is 17.1 Å². The first kappa shape index (κ1) is 10.8. The van der Waals surface area contributed by atoms with Crippen molar-refractivity contribution in [3.05, 3.63) is 41.7 Å². The lowest BCUT2D eigenvalue weighted by Gasteiger charge is -2.03. The van der Waals surface area contributed by atoms with Crippen molar-refractivity contribution >= 4 is 16.9 Å². The van der Waals surface area contributed by atoms with Crippen LogP contribution in [-0.2, 0) is 13.5 Å². The zero-order chi connectivity index (χ0) is 12.7. The molecule has 0 unspecified atom stereocenters. The molecule has 3 rings (SSSR count). The van der Waals surface area contributed by atoms with Gasteiger partial charge < -0.3 is 14.7 Å². The number of aromatic nitrogens is 3. The molecular weight excluding hydrogens is 228 g/mol. The first-order valence-corrected chi connectivity index (χ1v) is 5.75. The molecule has 0 atom stereocenters. The molecule has 5 heteroatoms. The molecule has 0 bridgehead atoms. The zero-order valence-electron chi connectivity index (χ0n) is 10.3. The second kappa shape index (κ2) is 3.87. The van der Waals surface area contributed by atoms with Gasteiger partial charge in [-0.1, -0.05) is 0 Å². The first-order chi connectivity index (χ1) is 8.65. The van der Waals surface area contributed by atoms with Crippen LogP contribution < -0.4 is 5.73 Å². The third-order valence-electron chi connectivity index (χ3n) is 2.99. The number of rotatable bonds is 2. The van der Waals surface area contributed by atoms with Gasteiger partial charge in [0.1, 0.15) is 23.0 Å². The molecule has 0 aliphatic carbocycles. The number of nitrogens with two attached hydrogens (primary N) is 1. The number of aryl methyl sites for hydroxylation is 2. The minimum absolute atomic E-state index is 0.527. The molecule has 92 valence electrons. The highest BCUT2D eigenvalue weighted by atomic mass is 16.3. The van der Waals surface area contributed by atoms with Crippen molar-refractivity contribution in [1.82, 2.24) is 14.5 Å². The summed E-state index contributed by atoms with van der Waals surface area (Å²) in [4.78, 5) is 8.89. The van der Waals surface area contributed by atoms with E-state index in [1.165, 1.54) is 0 Å². The Kier molecular flexibility index (Phi) is 2.33. The number of furan rings is 1. The number of nitrogen functional groups attached to an aromatic ring is 1. The summed E-state index contributed by atoms with van der Waals surface area (Å²) < 4.78 is 7.26. The summed E-state index contributed by atoms with van der Waals surface area (Å²) >= 11 is 0. The highest BCUT2D eigenvalue weighted by Crippen LogP contribution is 2.23. The lowest BCUT2D eigenvalue weighted by atomic mass is 10.2. The molecule has 18 heavy (non-hydrogen) atoms. The van der Waals surface area contributed by atoms with E-state index in [1.807, 2.05) is 36.9 Å². The maximum atomic E-state index is 6.01. The highest BCUT2D eigenvalue weighted by molar-refractivity contribution is 5.89. The Morgan fingerprint density at radius 2 is 2.22 bits per heavy atom. The molecule has 0 aliphatic rings. The van der Waals surface area contributed by atoms with Crippen LogP contribution in [0.2, 0.25) is 0 Å². The number of anilines is 1. The largest absolute Gasteiger partial charge is 0.469 e. The average Bonchev–Trinajstić information content (AvgIpc) is 2.89. The fourth-order valence-corrected chi connectivity index (χ4v) is 2.21. The summed E-state index contributed by atoms with van der Waals surface area (Å²) in [7, 11) is 1.96. The Hall–Kier alpha value is -2.30. The molecule has 0 aromatic carbocycles. The quantitative estimate of drug-likeness (QED) is 0.746. The molecular formula is C13H14N4O. The molecule has 0 spiro atoms. The average molecular weight is 242 g/mol. The van der Waals surface area contributed by atoms with Gasteiger partial charge in [0.15, 0.2) is 0 Å². The second-order valence-electron chi connectivity index (χ2n) is 4.40. The third-order valence-corrected chi connectivity index (χ3v) is 2.99. The van der Waals surface area contributed by atoms with Crippen LogP contribution in [-0.4, -0.2) is 14.5 Å². The minimum Gasteiger partial charge on any atom is -0.469 e. The Morgan fingerprint density at radius 3 is 2.94 bits per heavy atom. The van der Waals surface area contributed by atoms with E-state index in [9.17, 15) is 0 Å². The topological polar surface area (TPSA) is 69.9 Å². The van der Waals surface area contributed by atoms with Crippen LogP contribution in [0.4, 0.5) is 5.82 Å². The van der Waals surface area contributed by atoms with E-state index in [1.54, 1.807) is 6.26 Å². The zero-order valence-corrected chi connectivity index (χ0v) is 10.3. The van der Waals surface area contributed by atoms with Gasteiger partial charge in [-0.2, -0.15) is 0 Å². The third kappa shape index (κ3) is 1.64. The van der Waals surface area contributed by atoms with E-state index in [0.29, 0.717) is 18.1 Å². The number of hydrogen-bond donors (Lipinski definition) is 1. The van der Waals surface area contributed by atoms with Gasteiger partial charge in [-0.3, -0.25) is 0 Å². The molecule has 3 aromatic rings. The van der Waals surface area contributed by atoms with Crippen LogP contribution in [0.15, 0.2) is 29.0 Å². The van der Waals surface area contributed by atoms with E-state index >= 15 is 0 Å². The molecule has 0 saturated heterocycles. The van der Waals surface area contributed by atoms with Crippen LogP contribution in [0.5, 0.6) is 0 Å². The van der Waals surface area contributed by atoms with Crippen molar-refractivity contribution in [2.24, 2.45) is 7.05 Å². The molecule has 5 nitrogen and oxygen atoms in total. The number of hydrogen-bond acceptors (Lipinski definition) is 4. The van der Waals surface area contributed by atoms with Gasteiger partial charge in [0.25, 0.3) is 0 Å². The number of fused-ring (bicyclic) bond motifs is 1. The molecule has 3 heterocycles. The van der Waals surface area contributed by atoms with Gasteiger partial charge in [-0.25, -0.2) is 9.97 Å². The van der Waals surface area contributed by atoms with Gasteiger partial charge in [0, 0.05) is 13.2 Å². The summed E-state index contributed by atoms with van der Waals surface area (Å²) in [6, 6.07) is 3.75. The smallest absolute Gasteiger partial charge is 0.145 e. The maximum Gasteiger partial charge on any atom is 0.145 e. The maximum absolute atomic E-state index is 6.01. The van der Waals surface area contributed by atoms with Crippen molar-refractivity contribution in [2.75, 3.05) is 5.73 Å². The van der Waals surface area contributed by atoms with Crippen LogP contribution in [0, 0.1) is 6.92 Å². The summed E-state index contributed by atoms with van der Waals surface area (Å²) in [5, 5.41) is 0.931. The van der Waals surface area contributed by atoms with E-state index in [2.05, 4.69) is 9.97 Å². The van der Waals surface area contributed by atoms with Gasteiger partial charge >= 0.3 is 0 Å². The van der Waals surface area contributed by atoms with Gasteiger partial charge in [0.2, 0.25) is 0 Å². The Bertz CT molecular complexity index is 697. The van der Waals surface area contributed by atoms with Crippen molar-refractivity contribution in [3.8, 4) is 0 Å². The summed E-state index contributed by atoms with van der Waals surface area (Å²) in [5.41, 5.74) is 7.96. The predicted octanol–water partition coefficient (Wildman–Crippen LogP) is 2.04. The first-order valence-electron chi connectivity index (χ1n) is 5.75. The summed E-state index contributed by atoms with van der Waals surface area (Å²) in [6.45, 7) is 2.01. The predicted molar refractivity (Wildman–Crippen MR) is 69.2 cm³/mol. The van der Waals surface area contributed by atoms with Crippen LogP contribution in [0.25, 0.3) is 11.0 Å². The monoisotopic (exact) mass is 242 g/mol. The second-order valence-corrected chi connectivity index (χ2v) is 4.40. The molecule has 2 N–H and O–H groups in total. The van der Waals surface area contributed by atoms with Gasteiger partial charge in [0.05, 0.1) is 18.1 Å². The van der Waals surface area contributed by atoms with Crippen molar-refractivity contribution in [2.45, 2.75) is 13.3 Å². The van der Waals surface area contributed by atoms with Gasteiger partial charge in [-0.05, 0) is 24.6 Å². The van der Waals surface area contributed by atoms with Crippen molar-refractivity contribution in [1.29, 1.82) is 0 Å². The highest BCUT2D eigenvalue weighted by Gasteiger charge is 2.12. The van der Waals surface area contributed by atoms with Crippen molar-refractivity contribution in [3.63, 3.8) is 0 Å². The molecule has 0 amide bonds.